The molecule has 0 aliphatic heterocycles. The predicted octanol–water partition coefficient (Wildman–Crippen LogP) is 1.47. The van der Waals surface area contributed by atoms with Crippen molar-refractivity contribution in [3.05, 3.63) is 41.8 Å². The van der Waals surface area contributed by atoms with Crippen LogP contribution in [0.15, 0.2) is 36.2 Å². The zero-order chi connectivity index (χ0) is 12.8. The zero-order valence-corrected chi connectivity index (χ0v) is 9.77. The first kappa shape index (κ1) is 12.9. The first-order valence-electron chi connectivity index (χ1n) is 4.87. The molecule has 0 radical (unpaired) electrons. The Balaban J connectivity index is 3.24. The highest BCUT2D eigenvalue weighted by atomic mass is 16.6. The number of carbonyl (C=O) groups excluding carboxylic acids is 1. The summed E-state index contributed by atoms with van der Waals surface area (Å²) in [6.45, 7) is 5.41. The summed E-state index contributed by atoms with van der Waals surface area (Å²) in [7, 11) is 1.50. The molecule has 0 unspecified atom stereocenters. The van der Waals surface area contributed by atoms with Crippen molar-refractivity contribution in [2.75, 3.05) is 7.11 Å². The molecular weight excluding hydrogens is 220 g/mol. The molecule has 0 aliphatic rings. The molecule has 1 aromatic heterocycles. The molecule has 0 saturated heterocycles. The average molecular weight is 234 g/mol. The van der Waals surface area contributed by atoms with Crippen LogP contribution < -0.4 is 10.6 Å². The Bertz CT molecular complexity index is 467. The van der Waals surface area contributed by atoms with E-state index < -0.39 is 0 Å². The molecule has 0 bridgehead atoms. The van der Waals surface area contributed by atoms with E-state index in [4.69, 9.17) is 10.6 Å². The summed E-state index contributed by atoms with van der Waals surface area (Å²) in [5, 5.41) is 0. The van der Waals surface area contributed by atoms with Crippen LogP contribution in [0.25, 0.3) is 5.57 Å². The Labute approximate surface area is 99.5 Å². The molecule has 17 heavy (non-hydrogen) atoms. The second-order valence-electron chi connectivity index (χ2n) is 3.24. The van der Waals surface area contributed by atoms with Gasteiger partial charge in [-0.3, -0.25) is 4.79 Å². The number of aldehydes is 1. The molecule has 1 heterocycles. The number of nitrogens with two attached hydrogens (primary N) is 1. The Kier molecular flexibility index (Phi) is 4.42. The van der Waals surface area contributed by atoms with Crippen molar-refractivity contribution >= 4 is 11.9 Å². The highest BCUT2D eigenvalue weighted by Gasteiger charge is 2.14. The summed E-state index contributed by atoms with van der Waals surface area (Å²) >= 11 is 0. The van der Waals surface area contributed by atoms with Crippen LogP contribution in [0.2, 0.25) is 0 Å². The largest absolute Gasteiger partial charge is 0.481 e. The quantitative estimate of drug-likeness (QED) is 0.274. The summed E-state index contributed by atoms with van der Waals surface area (Å²) in [6, 6.07) is 3.48. The summed E-state index contributed by atoms with van der Waals surface area (Å²) < 4.78 is 5.09. The maximum Gasteiger partial charge on any atom is 0.221 e. The van der Waals surface area contributed by atoms with E-state index in [0.717, 1.165) is 0 Å². The minimum absolute atomic E-state index is 0.277. The number of carbonyl (C=O) groups is 1. The van der Waals surface area contributed by atoms with E-state index in [1.165, 1.54) is 7.11 Å². The van der Waals surface area contributed by atoms with Crippen LogP contribution in [0.1, 0.15) is 12.5 Å². The van der Waals surface area contributed by atoms with Crippen molar-refractivity contribution in [1.82, 2.24) is 4.98 Å². The maximum atomic E-state index is 11.0. The molecule has 0 spiro atoms. The van der Waals surface area contributed by atoms with Gasteiger partial charge in [0.25, 0.3) is 0 Å². The molecular formula is C12H14N2O3. The molecule has 2 N–H and O–H groups in total. The number of methoxy groups -OCH3 is 1. The fourth-order valence-electron chi connectivity index (χ4n) is 1.36. The van der Waals surface area contributed by atoms with Crippen LogP contribution in [-0.4, -0.2) is 18.4 Å². The normalized spacial score (nSPS) is 11.5. The lowest BCUT2D eigenvalue weighted by molar-refractivity contribution is -0.104. The van der Waals surface area contributed by atoms with E-state index in [0.29, 0.717) is 23.3 Å². The minimum atomic E-state index is 0.277. The highest BCUT2D eigenvalue weighted by Crippen LogP contribution is 2.28. The average Bonchev–Trinajstić information content (AvgIpc) is 2.38. The van der Waals surface area contributed by atoms with E-state index in [1.54, 1.807) is 25.3 Å². The monoisotopic (exact) mass is 234 g/mol. The van der Waals surface area contributed by atoms with E-state index in [-0.39, 0.29) is 11.3 Å². The summed E-state index contributed by atoms with van der Waals surface area (Å²) in [6.07, 6.45) is 2.23. The summed E-state index contributed by atoms with van der Waals surface area (Å²) in [5.41, 5.74) is 1.35. The number of ether oxygens (including phenoxy) is 1. The number of nitrogens with zero attached hydrogens (tertiary/aromatic N) is 1. The van der Waals surface area contributed by atoms with Crippen molar-refractivity contribution in [2.24, 2.45) is 5.90 Å². The van der Waals surface area contributed by atoms with Crippen molar-refractivity contribution < 1.29 is 14.4 Å². The van der Waals surface area contributed by atoms with Crippen LogP contribution in [0.4, 0.5) is 0 Å². The second-order valence-corrected chi connectivity index (χ2v) is 3.24. The smallest absolute Gasteiger partial charge is 0.221 e. The molecule has 5 heteroatoms. The molecule has 90 valence electrons. The van der Waals surface area contributed by atoms with Crippen LogP contribution in [0.3, 0.4) is 0 Å². The fourth-order valence-corrected chi connectivity index (χ4v) is 1.36. The van der Waals surface area contributed by atoms with Crippen molar-refractivity contribution in [3.63, 3.8) is 0 Å². The lowest BCUT2D eigenvalue weighted by Crippen LogP contribution is -2.03. The molecule has 0 saturated carbocycles. The van der Waals surface area contributed by atoms with E-state index >= 15 is 0 Å². The molecule has 0 amide bonds. The standard InChI is InChI=1S/C12H14N2O3/c1-8(11(7-15)9(2)17-13)10-5-4-6-14-12(10)16-3/h4-7H,1,13H2,2-3H3/b11-9-. The van der Waals surface area contributed by atoms with Gasteiger partial charge in [0.1, 0.15) is 5.76 Å². The molecule has 5 nitrogen and oxygen atoms in total. The Morgan fingerprint density at radius 1 is 1.59 bits per heavy atom. The molecule has 0 fully saturated rings. The van der Waals surface area contributed by atoms with Gasteiger partial charge in [-0.15, -0.1) is 0 Å². The number of hydrogen-bond donors (Lipinski definition) is 1. The molecule has 0 aromatic carbocycles. The Morgan fingerprint density at radius 3 is 2.82 bits per heavy atom. The summed E-state index contributed by atoms with van der Waals surface area (Å²) in [4.78, 5) is 19.6. The second kappa shape index (κ2) is 5.81. The third-order valence-electron chi connectivity index (χ3n) is 2.29. The van der Waals surface area contributed by atoms with E-state index in [1.807, 2.05) is 0 Å². The maximum absolute atomic E-state index is 11.0. The third-order valence-corrected chi connectivity index (χ3v) is 2.29. The first-order chi connectivity index (χ1) is 8.15. The van der Waals surface area contributed by atoms with Crippen molar-refractivity contribution in [3.8, 4) is 5.88 Å². The van der Waals surface area contributed by atoms with Gasteiger partial charge in [-0.25, -0.2) is 4.98 Å². The Hall–Kier alpha value is -2.14. The lowest BCUT2D eigenvalue weighted by atomic mass is 10.0. The molecule has 1 aromatic rings. The topological polar surface area (TPSA) is 74.4 Å². The van der Waals surface area contributed by atoms with Crippen molar-refractivity contribution in [2.45, 2.75) is 6.92 Å². The van der Waals surface area contributed by atoms with Gasteiger partial charge in [0.15, 0.2) is 6.29 Å². The number of pyridine rings is 1. The van der Waals surface area contributed by atoms with Crippen LogP contribution >= 0.6 is 0 Å². The minimum Gasteiger partial charge on any atom is -0.481 e. The van der Waals surface area contributed by atoms with Gasteiger partial charge in [0, 0.05) is 11.8 Å². The Morgan fingerprint density at radius 2 is 2.29 bits per heavy atom. The number of allylic oxidation sites excluding steroid dienone is 3. The van der Waals surface area contributed by atoms with Gasteiger partial charge in [0.2, 0.25) is 5.88 Å². The van der Waals surface area contributed by atoms with Crippen LogP contribution in [-0.2, 0) is 9.63 Å². The van der Waals surface area contributed by atoms with Gasteiger partial charge in [0.05, 0.1) is 12.7 Å². The van der Waals surface area contributed by atoms with Gasteiger partial charge >= 0.3 is 0 Å². The first-order valence-corrected chi connectivity index (χ1v) is 4.87. The van der Waals surface area contributed by atoms with Crippen molar-refractivity contribution in [1.29, 1.82) is 0 Å². The van der Waals surface area contributed by atoms with Gasteiger partial charge in [-0.2, -0.15) is 5.90 Å². The molecule has 0 aliphatic carbocycles. The lowest BCUT2D eigenvalue weighted by Gasteiger charge is -2.11. The SMILES string of the molecule is C=C(/C(C=O)=C(/C)ON)c1cccnc1OC. The van der Waals surface area contributed by atoms with Gasteiger partial charge in [-0.05, 0) is 24.6 Å². The number of rotatable bonds is 5. The van der Waals surface area contributed by atoms with E-state index in [9.17, 15) is 4.79 Å². The number of hydrogen-bond acceptors (Lipinski definition) is 5. The van der Waals surface area contributed by atoms with E-state index in [2.05, 4.69) is 16.4 Å². The molecule has 1 rings (SSSR count). The van der Waals surface area contributed by atoms with Gasteiger partial charge < -0.3 is 9.57 Å². The third kappa shape index (κ3) is 2.70. The predicted molar refractivity (Wildman–Crippen MR) is 63.9 cm³/mol. The zero-order valence-electron chi connectivity index (χ0n) is 9.77. The molecule has 0 atom stereocenters. The number of aromatic nitrogens is 1. The van der Waals surface area contributed by atoms with Crippen LogP contribution in [0, 0.1) is 0 Å². The van der Waals surface area contributed by atoms with Gasteiger partial charge in [-0.1, -0.05) is 6.58 Å². The van der Waals surface area contributed by atoms with Crippen LogP contribution in [0.5, 0.6) is 5.88 Å². The summed E-state index contributed by atoms with van der Waals surface area (Å²) in [5.74, 6) is 5.71. The fraction of sp³-hybridized carbons (Fsp3) is 0.167. The highest BCUT2D eigenvalue weighted by molar-refractivity contribution is 5.99.